The fourth-order valence-corrected chi connectivity index (χ4v) is 2.85. The maximum absolute atomic E-state index is 12.3. The van der Waals surface area contributed by atoms with E-state index in [2.05, 4.69) is 36.3 Å². The van der Waals surface area contributed by atoms with Crippen LogP contribution in [0.4, 0.5) is 0 Å². The quantitative estimate of drug-likeness (QED) is 0.888. The molecule has 1 fully saturated rings. The summed E-state index contributed by atoms with van der Waals surface area (Å²) in [5.41, 5.74) is 2.35. The number of nitrogens with one attached hydrogen (secondary N) is 2. The maximum atomic E-state index is 12.3. The summed E-state index contributed by atoms with van der Waals surface area (Å²) in [6.45, 7) is 11.5. The standard InChI is InChI=1S/C16H26N4O2/c1-6-12-10(2)14(19-18-12)15(22)17-11-7-13(21)20(8-11)9-16(3,4)5/h11H,6-9H2,1-5H3,(H,17,22)(H,18,19)/t11-/m1/s1. The van der Waals surface area contributed by atoms with Gasteiger partial charge in [-0.2, -0.15) is 5.10 Å². The predicted molar refractivity (Wildman–Crippen MR) is 84.6 cm³/mol. The zero-order valence-electron chi connectivity index (χ0n) is 14.1. The van der Waals surface area contributed by atoms with Crippen LogP contribution < -0.4 is 5.32 Å². The smallest absolute Gasteiger partial charge is 0.272 e. The van der Waals surface area contributed by atoms with Crippen LogP contribution in [0.2, 0.25) is 0 Å². The van der Waals surface area contributed by atoms with Gasteiger partial charge in [0.2, 0.25) is 5.91 Å². The minimum Gasteiger partial charge on any atom is -0.346 e. The third-order valence-electron chi connectivity index (χ3n) is 3.89. The van der Waals surface area contributed by atoms with E-state index in [9.17, 15) is 9.59 Å². The molecule has 0 bridgehead atoms. The van der Waals surface area contributed by atoms with Gasteiger partial charge in [-0.25, -0.2) is 0 Å². The average Bonchev–Trinajstić information content (AvgIpc) is 2.91. The Balaban J connectivity index is 1.98. The lowest BCUT2D eigenvalue weighted by molar-refractivity contribution is -0.128. The van der Waals surface area contributed by atoms with Crippen molar-refractivity contribution < 1.29 is 9.59 Å². The summed E-state index contributed by atoms with van der Waals surface area (Å²) in [6, 6.07) is -0.136. The number of aryl methyl sites for hydroxylation is 1. The van der Waals surface area contributed by atoms with Crippen molar-refractivity contribution in [2.75, 3.05) is 13.1 Å². The minimum absolute atomic E-state index is 0.0589. The van der Waals surface area contributed by atoms with Crippen LogP contribution in [0.25, 0.3) is 0 Å². The number of aromatic nitrogens is 2. The summed E-state index contributed by atoms with van der Waals surface area (Å²) in [5.74, 6) is -0.0999. The van der Waals surface area contributed by atoms with Crippen LogP contribution in [0, 0.1) is 12.3 Å². The second-order valence-electron chi connectivity index (χ2n) is 7.24. The Hall–Kier alpha value is -1.85. The van der Waals surface area contributed by atoms with E-state index >= 15 is 0 Å². The molecular weight excluding hydrogens is 280 g/mol. The zero-order chi connectivity index (χ0) is 16.5. The van der Waals surface area contributed by atoms with Gasteiger partial charge in [0.25, 0.3) is 5.91 Å². The number of hydrogen-bond donors (Lipinski definition) is 2. The zero-order valence-corrected chi connectivity index (χ0v) is 14.1. The lowest BCUT2D eigenvalue weighted by Crippen LogP contribution is -2.39. The van der Waals surface area contributed by atoms with Crippen LogP contribution in [0.15, 0.2) is 0 Å². The first-order valence-electron chi connectivity index (χ1n) is 7.83. The van der Waals surface area contributed by atoms with Crippen molar-refractivity contribution in [3.8, 4) is 0 Å². The number of carbonyl (C=O) groups excluding carboxylic acids is 2. The molecule has 1 aliphatic rings. The Bertz CT molecular complexity index is 571. The van der Waals surface area contributed by atoms with Crippen molar-refractivity contribution in [1.82, 2.24) is 20.4 Å². The van der Waals surface area contributed by atoms with E-state index in [1.54, 1.807) is 0 Å². The highest BCUT2D eigenvalue weighted by Gasteiger charge is 2.33. The Morgan fingerprint density at radius 1 is 1.45 bits per heavy atom. The van der Waals surface area contributed by atoms with Crippen LogP contribution in [-0.4, -0.2) is 46.0 Å². The third kappa shape index (κ3) is 3.67. The summed E-state index contributed by atoms with van der Waals surface area (Å²) < 4.78 is 0. The number of likely N-dealkylation sites (tertiary alicyclic amines) is 1. The normalized spacial score (nSPS) is 18.9. The fraction of sp³-hybridized carbons (Fsp3) is 0.688. The van der Waals surface area contributed by atoms with Gasteiger partial charge in [-0.3, -0.25) is 14.7 Å². The van der Waals surface area contributed by atoms with Crippen molar-refractivity contribution in [1.29, 1.82) is 0 Å². The number of nitrogens with zero attached hydrogens (tertiary/aromatic N) is 2. The van der Waals surface area contributed by atoms with E-state index in [0.29, 0.717) is 25.2 Å². The van der Waals surface area contributed by atoms with Gasteiger partial charge in [-0.05, 0) is 18.8 Å². The minimum atomic E-state index is -0.205. The molecule has 0 aliphatic carbocycles. The molecule has 0 radical (unpaired) electrons. The van der Waals surface area contributed by atoms with E-state index in [1.165, 1.54) is 0 Å². The Morgan fingerprint density at radius 2 is 2.14 bits per heavy atom. The van der Waals surface area contributed by atoms with Gasteiger partial charge in [-0.15, -0.1) is 0 Å². The van der Waals surface area contributed by atoms with Gasteiger partial charge < -0.3 is 10.2 Å². The second-order valence-corrected chi connectivity index (χ2v) is 7.24. The second kappa shape index (κ2) is 6.10. The average molecular weight is 306 g/mol. The number of hydrogen-bond acceptors (Lipinski definition) is 3. The van der Waals surface area contributed by atoms with Crippen molar-refractivity contribution >= 4 is 11.8 Å². The maximum Gasteiger partial charge on any atom is 0.272 e. The van der Waals surface area contributed by atoms with E-state index in [4.69, 9.17) is 0 Å². The highest BCUT2D eigenvalue weighted by molar-refractivity contribution is 5.94. The molecule has 2 heterocycles. The first-order valence-corrected chi connectivity index (χ1v) is 7.83. The number of carbonyl (C=O) groups is 2. The summed E-state index contributed by atoms with van der Waals surface area (Å²) in [6.07, 6.45) is 1.18. The molecule has 1 atom stereocenters. The molecule has 1 saturated heterocycles. The molecule has 1 aliphatic heterocycles. The predicted octanol–water partition coefficient (Wildman–Crippen LogP) is 1.66. The van der Waals surface area contributed by atoms with Gasteiger partial charge in [0.15, 0.2) is 5.69 Å². The van der Waals surface area contributed by atoms with Crippen molar-refractivity contribution in [2.45, 2.75) is 53.5 Å². The van der Waals surface area contributed by atoms with Gasteiger partial charge in [0.05, 0.1) is 6.04 Å². The Morgan fingerprint density at radius 3 is 2.68 bits per heavy atom. The van der Waals surface area contributed by atoms with E-state index < -0.39 is 0 Å². The highest BCUT2D eigenvalue weighted by Crippen LogP contribution is 2.20. The largest absolute Gasteiger partial charge is 0.346 e. The van der Waals surface area contributed by atoms with Crippen molar-refractivity contribution in [2.24, 2.45) is 5.41 Å². The van der Waals surface area contributed by atoms with Gasteiger partial charge in [0.1, 0.15) is 0 Å². The molecule has 0 aromatic carbocycles. The lowest BCUT2D eigenvalue weighted by atomic mass is 9.96. The molecule has 2 amide bonds. The molecule has 0 unspecified atom stereocenters. The number of aromatic amines is 1. The number of rotatable bonds is 4. The molecule has 6 heteroatoms. The van der Waals surface area contributed by atoms with Crippen LogP contribution in [0.1, 0.15) is 55.9 Å². The third-order valence-corrected chi connectivity index (χ3v) is 3.89. The lowest BCUT2D eigenvalue weighted by Gasteiger charge is -2.26. The van der Waals surface area contributed by atoms with Crippen LogP contribution in [0.5, 0.6) is 0 Å². The highest BCUT2D eigenvalue weighted by atomic mass is 16.2. The first kappa shape index (κ1) is 16.5. The van der Waals surface area contributed by atoms with Crippen LogP contribution in [-0.2, 0) is 11.2 Å². The van der Waals surface area contributed by atoms with Crippen LogP contribution in [0.3, 0.4) is 0 Å². The van der Waals surface area contributed by atoms with E-state index in [0.717, 1.165) is 17.7 Å². The SMILES string of the molecule is CCc1[nH]nc(C(=O)N[C@@H]2CC(=O)N(CC(C)(C)C)C2)c1C. The van der Waals surface area contributed by atoms with E-state index in [1.807, 2.05) is 18.7 Å². The monoisotopic (exact) mass is 306 g/mol. The molecule has 1 aromatic rings. The summed E-state index contributed by atoms with van der Waals surface area (Å²) in [5, 5.41) is 9.92. The molecule has 122 valence electrons. The van der Waals surface area contributed by atoms with Gasteiger partial charge >= 0.3 is 0 Å². The molecule has 1 aromatic heterocycles. The molecule has 0 saturated carbocycles. The van der Waals surface area contributed by atoms with E-state index in [-0.39, 0.29) is 23.3 Å². The molecule has 0 spiro atoms. The Kier molecular flexibility index (Phi) is 4.58. The summed E-state index contributed by atoms with van der Waals surface area (Å²) in [7, 11) is 0. The fourth-order valence-electron chi connectivity index (χ4n) is 2.85. The molecule has 2 rings (SSSR count). The van der Waals surface area contributed by atoms with Gasteiger partial charge in [0, 0.05) is 30.8 Å². The Labute approximate surface area is 131 Å². The molecule has 22 heavy (non-hydrogen) atoms. The number of H-pyrrole nitrogens is 1. The first-order chi connectivity index (χ1) is 10.2. The van der Waals surface area contributed by atoms with Gasteiger partial charge in [-0.1, -0.05) is 27.7 Å². The van der Waals surface area contributed by atoms with Crippen molar-refractivity contribution in [3.05, 3.63) is 17.0 Å². The number of amides is 2. The van der Waals surface area contributed by atoms with Crippen LogP contribution >= 0.6 is 0 Å². The summed E-state index contributed by atoms with van der Waals surface area (Å²) in [4.78, 5) is 26.2. The molecular formula is C16H26N4O2. The topological polar surface area (TPSA) is 78.1 Å². The summed E-state index contributed by atoms with van der Waals surface area (Å²) >= 11 is 0. The van der Waals surface area contributed by atoms with Crippen molar-refractivity contribution in [3.63, 3.8) is 0 Å². The molecule has 2 N–H and O–H groups in total. The molecule has 6 nitrogen and oxygen atoms in total.